The van der Waals surface area contributed by atoms with Crippen molar-refractivity contribution in [1.82, 2.24) is 4.90 Å². The van der Waals surface area contributed by atoms with Crippen molar-refractivity contribution >= 4 is 12.1 Å². The highest BCUT2D eigenvalue weighted by molar-refractivity contribution is 5.77. The van der Waals surface area contributed by atoms with Crippen molar-refractivity contribution in [3.63, 3.8) is 0 Å². The molecule has 0 bridgehead atoms. The molecule has 170 valence electrons. The second-order valence-corrected chi connectivity index (χ2v) is 8.93. The smallest absolute Gasteiger partial charge is 0.410 e. The second-order valence-electron chi connectivity index (χ2n) is 8.93. The summed E-state index contributed by atoms with van der Waals surface area (Å²) in [7, 11) is 1.56. The van der Waals surface area contributed by atoms with Gasteiger partial charge in [-0.1, -0.05) is 18.2 Å². The minimum atomic E-state index is -0.987. The van der Waals surface area contributed by atoms with E-state index < -0.39 is 35.5 Å². The summed E-state index contributed by atoms with van der Waals surface area (Å²) in [5, 5.41) is 10.2. The van der Waals surface area contributed by atoms with Crippen molar-refractivity contribution in [2.75, 3.05) is 20.4 Å². The third-order valence-electron chi connectivity index (χ3n) is 5.70. The van der Waals surface area contributed by atoms with Crippen LogP contribution in [0.3, 0.4) is 0 Å². The van der Waals surface area contributed by atoms with Crippen molar-refractivity contribution in [3.8, 4) is 17.2 Å². The van der Waals surface area contributed by atoms with Crippen LogP contribution in [-0.4, -0.2) is 48.1 Å². The molecule has 0 aliphatic carbocycles. The number of aliphatic carboxylic acids is 1. The third-order valence-corrected chi connectivity index (χ3v) is 5.70. The number of carboxylic acids is 1. The molecule has 0 aromatic heterocycles. The molecule has 0 unspecified atom stereocenters. The monoisotopic (exact) mass is 441 g/mol. The van der Waals surface area contributed by atoms with Crippen LogP contribution in [0.4, 0.5) is 4.79 Å². The first-order valence-electron chi connectivity index (χ1n) is 10.4. The molecular weight excluding hydrogens is 414 g/mol. The highest BCUT2D eigenvalue weighted by atomic mass is 16.7. The lowest BCUT2D eigenvalue weighted by atomic mass is 9.83. The Hall–Kier alpha value is -3.42. The normalized spacial score (nSPS) is 22.0. The fourth-order valence-electron chi connectivity index (χ4n) is 4.31. The summed E-state index contributed by atoms with van der Waals surface area (Å²) in [4.78, 5) is 27.2. The Labute approximate surface area is 186 Å². The molecule has 8 nitrogen and oxygen atoms in total. The van der Waals surface area contributed by atoms with Crippen LogP contribution in [0, 0.1) is 5.92 Å². The van der Waals surface area contributed by atoms with Crippen LogP contribution in [0.15, 0.2) is 42.5 Å². The predicted molar refractivity (Wildman–Crippen MR) is 115 cm³/mol. The van der Waals surface area contributed by atoms with Crippen molar-refractivity contribution in [2.24, 2.45) is 5.92 Å². The SMILES string of the molecule is COc1ccc([C@H]2[C@H](C(=O)O)[C@@H](c3ccc4c(c3)OCO4)CN2C(=O)OC(C)(C)C)cc1. The highest BCUT2D eigenvalue weighted by Gasteiger charge is 2.50. The summed E-state index contributed by atoms with van der Waals surface area (Å²) in [6, 6.07) is 11.8. The molecule has 1 saturated heterocycles. The Morgan fingerprint density at radius 3 is 2.31 bits per heavy atom. The van der Waals surface area contributed by atoms with Crippen LogP contribution in [0.25, 0.3) is 0 Å². The van der Waals surface area contributed by atoms with Crippen LogP contribution in [0.1, 0.15) is 43.9 Å². The van der Waals surface area contributed by atoms with Gasteiger partial charge >= 0.3 is 12.1 Å². The zero-order chi connectivity index (χ0) is 23.0. The molecule has 8 heteroatoms. The Kier molecular flexibility index (Phi) is 5.62. The number of benzene rings is 2. The topological polar surface area (TPSA) is 94.5 Å². The van der Waals surface area contributed by atoms with E-state index in [1.54, 1.807) is 64.3 Å². The average molecular weight is 441 g/mol. The lowest BCUT2D eigenvalue weighted by Crippen LogP contribution is -2.38. The molecule has 0 radical (unpaired) electrons. The standard InChI is InChI=1S/C24H27NO7/c1-24(2,3)32-23(28)25-12-17(15-7-10-18-19(11-15)31-13-30-18)20(22(26)27)21(25)14-5-8-16(29-4)9-6-14/h5-11,17,20-21H,12-13H2,1-4H3,(H,26,27)/t17-,20-,21+/m1/s1. The molecule has 1 amide bonds. The van der Waals surface area contributed by atoms with E-state index in [-0.39, 0.29) is 13.3 Å². The maximum absolute atomic E-state index is 13.1. The largest absolute Gasteiger partial charge is 0.497 e. The molecule has 2 aliphatic rings. The van der Waals surface area contributed by atoms with Crippen molar-refractivity contribution in [3.05, 3.63) is 53.6 Å². The molecule has 2 aromatic carbocycles. The molecule has 4 rings (SSSR count). The number of methoxy groups -OCH3 is 1. The maximum atomic E-state index is 13.1. The van der Waals surface area contributed by atoms with Crippen LogP contribution >= 0.6 is 0 Å². The average Bonchev–Trinajstić information content (AvgIpc) is 3.36. The summed E-state index contributed by atoms with van der Waals surface area (Å²) in [5.74, 6) is -0.482. The summed E-state index contributed by atoms with van der Waals surface area (Å²) in [6.45, 7) is 5.68. The molecule has 2 aromatic rings. The molecule has 1 fully saturated rings. The van der Waals surface area contributed by atoms with Crippen molar-refractivity contribution < 1.29 is 33.6 Å². The second kappa shape index (κ2) is 8.26. The molecule has 2 heterocycles. The summed E-state index contributed by atoms with van der Waals surface area (Å²) in [5.41, 5.74) is 0.760. The fraction of sp³-hybridized carbons (Fsp3) is 0.417. The molecule has 1 N–H and O–H groups in total. The van der Waals surface area contributed by atoms with Gasteiger partial charge in [0.1, 0.15) is 11.4 Å². The minimum Gasteiger partial charge on any atom is -0.497 e. The van der Waals surface area contributed by atoms with Gasteiger partial charge in [0.2, 0.25) is 6.79 Å². The summed E-state index contributed by atoms with van der Waals surface area (Å²) >= 11 is 0. The van der Waals surface area contributed by atoms with Gasteiger partial charge in [-0.3, -0.25) is 9.69 Å². The molecule has 32 heavy (non-hydrogen) atoms. The molecule has 2 aliphatic heterocycles. The predicted octanol–water partition coefficient (Wildman–Crippen LogP) is 4.20. The van der Waals surface area contributed by atoms with Gasteiger partial charge in [-0.2, -0.15) is 0 Å². The van der Waals surface area contributed by atoms with Gasteiger partial charge < -0.3 is 24.1 Å². The first kappa shape index (κ1) is 21.8. The number of amides is 1. The van der Waals surface area contributed by atoms with Crippen LogP contribution < -0.4 is 14.2 Å². The number of hydrogen-bond donors (Lipinski definition) is 1. The van der Waals surface area contributed by atoms with E-state index in [1.165, 1.54) is 4.90 Å². The molecular formula is C24H27NO7. The lowest BCUT2D eigenvalue weighted by Gasteiger charge is -2.30. The zero-order valence-corrected chi connectivity index (χ0v) is 18.5. The Morgan fingerprint density at radius 2 is 1.69 bits per heavy atom. The number of carboxylic acid groups (broad SMARTS) is 1. The van der Waals surface area contributed by atoms with Gasteiger partial charge in [-0.15, -0.1) is 0 Å². The van der Waals surface area contributed by atoms with E-state index in [0.29, 0.717) is 22.8 Å². The number of carbonyl (C=O) groups is 2. The van der Waals surface area contributed by atoms with Gasteiger partial charge in [0.25, 0.3) is 0 Å². The highest BCUT2D eigenvalue weighted by Crippen LogP contribution is 2.48. The van der Waals surface area contributed by atoms with E-state index in [0.717, 1.165) is 5.56 Å². The number of likely N-dealkylation sites (tertiary alicyclic amines) is 1. The third kappa shape index (κ3) is 4.17. The summed E-state index contributed by atoms with van der Waals surface area (Å²) < 4.78 is 21.7. The fourth-order valence-corrected chi connectivity index (χ4v) is 4.31. The van der Waals surface area contributed by atoms with Crippen molar-refractivity contribution in [2.45, 2.75) is 38.3 Å². The summed E-state index contributed by atoms with van der Waals surface area (Å²) in [6.07, 6.45) is -0.548. The van der Waals surface area contributed by atoms with E-state index in [4.69, 9.17) is 18.9 Å². The lowest BCUT2D eigenvalue weighted by molar-refractivity contribution is -0.143. The molecule has 0 saturated carbocycles. The minimum absolute atomic E-state index is 0.129. The van der Waals surface area contributed by atoms with Gasteiger partial charge in [-0.05, 0) is 56.2 Å². The number of carbonyl (C=O) groups excluding carboxylic acids is 1. The van der Waals surface area contributed by atoms with Gasteiger partial charge in [0, 0.05) is 12.5 Å². The maximum Gasteiger partial charge on any atom is 0.410 e. The Balaban J connectivity index is 1.76. The quantitative estimate of drug-likeness (QED) is 0.760. The van der Waals surface area contributed by atoms with Crippen molar-refractivity contribution in [1.29, 1.82) is 0 Å². The van der Waals surface area contributed by atoms with Crippen LogP contribution in [-0.2, 0) is 9.53 Å². The van der Waals surface area contributed by atoms with E-state index in [1.807, 2.05) is 6.07 Å². The number of nitrogens with zero attached hydrogens (tertiary/aromatic N) is 1. The van der Waals surface area contributed by atoms with E-state index >= 15 is 0 Å². The first-order chi connectivity index (χ1) is 15.2. The number of fused-ring (bicyclic) bond motifs is 1. The number of hydrogen-bond acceptors (Lipinski definition) is 6. The van der Waals surface area contributed by atoms with Gasteiger partial charge in [0.15, 0.2) is 11.5 Å². The van der Waals surface area contributed by atoms with Gasteiger partial charge in [0.05, 0.1) is 19.1 Å². The Bertz CT molecular complexity index is 1010. The zero-order valence-electron chi connectivity index (χ0n) is 18.5. The first-order valence-corrected chi connectivity index (χ1v) is 10.4. The molecule has 0 spiro atoms. The van der Waals surface area contributed by atoms with E-state index in [2.05, 4.69) is 0 Å². The van der Waals surface area contributed by atoms with Crippen LogP contribution in [0.5, 0.6) is 17.2 Å². The van der Waals surface area contributed by atoms with E-state index in [9.17, 15) is 14.7 Å². The number of rotatable bonds is 4. The van der Waals surface area contributed by atoms with Gasteiger partial charge in [-0.25, -0.2) is 4.79 Å². The Morgan fingerprint density at radius 1 is 1.03 bits per heavy atom. The molecule has 3 atom stereocenters. The van der Waals surface area contributed by atoms with Crippen LogP contribution in [0.2, 0.25) is 0 Å². The number of ether oxygens (including phenoxy) is 4.